The van der Waals surface area contributed by atoms with Gasteiger partial charge in [0.2, 0.25) is 5.91 Å². The molecular weight excluding hydrogens is 376 g/mol. The molecule has 0 bridgehead atoms. The summed E-state index contributed by atoms with van der Waals surface area (Å²) in [5.74, 6) is 0.400. The fourth-order valence-corrected chi connectivity index (χ4v) is 3.76. The number of nitrogens with two attached hydrogens (primary N) is 1. The second-order valence-corrected chi connectivity index (χ2v) is 8.43. The number of amidine groups is 1. The maximum atomic E-state index is 12.0. The fourth-order valence-electron chi connectivity index (χ4n) is 2.51. The predicted octanol–water partition coefficient (Wildman–Crippen LogP) is 1.56. The highest BCUT2D eigenvalue weighted by molar-refractivity contribution is 7.90. The lowest BCUT2D eigenvalue weighted by atomic mass is 10.1. The quantitative estimate of drug-likeness (QED) is 0.572. The zero-order valence-electron chi connectivity index (χ0n) is 15.1. The van der Waals surface area contributed by atoms with Crippen molar-refractivity contribution in [2.24, 2.45) is 10.7 Å². The molecule has 26 heavy (non-hydrogen) atoms. The number of amides is 1. The van der Waals surface area contributed by atoms with E-state index < -0.39 is 10.0 Å². The number of hydrogen-bond donors (Lipinski definition) is 3. The van der Waals surface area contributed by atoms with Gasteiger partial charge in [-0.3, -0.25) is 14.5 Å². The predicted molar refractivity (Wildman–Crippen MR) is 105 cm³/mol. The molecule has 9 heteroatoms. The van der Waals surface area contributed by atoms with Gasteiger partial charge < -0.3 is 11.1 Å². The van der Waals surface area contributed by atoms with Crippen LogP contribution in [0.25, 0.3) is 0 Å². The Kier molecular flexibility index (Phi) is 8.05. The summed E-state index contributed by atoms with van der Waals surface area (Å²) < 4.78 is 26.4. The Balaban J connectivity index is 0.00000338. The topological polar surface area (TPSA) is 114 Å². The number of nitrogens with one attached hydrogen (secondary N) is 2. The van der Waals surface area contributed by atoms with Gasteiger partial charge in [-0.2, -0.15) is 0 Å². The smallest absolute Gasteiger partial charge is 0.263 e. The standard InChI is InChI=1S/C17H26N4O3S.ClH/c1-17(2,12-18)20-15(22)10-4-3-7-11-19-16-13-8-5-6-9-14(13)25(23,24)21-16;/h5-6,8-9H,3-4,7,10-12,18H2,1-2H3,(H,19,21)(H,20,22);1H. The summed E-state index contributed by atoms with van der Waals surface area (Å²) in [6, 6.07) is 6.80. The Labute approximate surface area is 161 Å². The molecule has 7 nitrogen and oxygen atoms in total. The highest BCUT2D eigenvalue weighted by atomic mass is 35.5. The largest absolute Gasteiger partial charge is 0.350 e. The van der Waals surface area contributed by atoms with Crippen LogP contribution in [0.3, 0.4) is 0 Å². The number of halogens is 1. The van der Waals surface area contributed by atoms with Gasteiger partial charge in [0.05, 0.1) is 4.90 Å². The van der Waals surface area contributed by atoms with Crippen molar-refractivity contribution < 1.29 is 13.2 Å². The fraction of sp³-hybridized carbons (Fsp3) is 0.529. The molecule has 0 radical (unpaired) electrons. The average Bonchev–Trinajstić information content (AvgIpc) is 2.82. The van der Waals surface area contributed by atoms with Crippen molar-refractivity contribution in [3.63, 3.8) is 0 Å². The van der Waals surface area contributed by atoms with Crippen LogP contribution in [0.1, 0.15) is 45.1 Å². The molecule has 1 aliphatic heterocycles. The number of nitrogens with zero attached hydrogens (tertiary/aromatic N) is 1. The third-order valence-corrected chi connectivity index (χ3v) is 5.38. The maximum absolute atomic E-state index is 12.0. The highest BCUT2D eigenvalue weighted by Gasteiger charge is 2.29. The number of carbonyl (C=O) groups is 1. The van der Waals surface area contributed by atoms with Gasteiger partial charge in [-0.15, -0.1) is 12.4 Å². The molecule has 2 rings (SSSR count). The van der Waals surface area contributed by atoms with Crippen molar-refractivity contribution in [3.05, 3.63) is 29.8 Å². The number of benzene rings is 1. The molecule has 0 saturated carbocycles. The molecule has 1 heterocycles. The summed E-state index contributed by atoms with van der Waals surface area (Å²) in [4.78, 5) is 16.4. The van der Waals surface area contributed by atoms with E-state index in [9.17, 15) is 13.2 Å². The van der Waals surface area contributed by atoms with Gasteiger partial charge in [0.1, 0.15) is 5.84 Å². The molecule has 0 atom stereocenters. The number of carbonyl (C=O) groups excluding carboxylic acids is 1. The number of rotatable bonds is 8. The Hall–Kier alpha value is -1.64. The van der Waals surface area contributed by atoms with Crippen LogP contribution in [0.15, 0.2) is 34.2 Å². The van der Waals surface area contributed by atoms with Crippen molar-refractivity contribution in [3.8, 4) is 0 Å². The van der Waals surface area contributed by atoms with Crippen molar-refractivity contribution in [2.45, 2.75) is 50.0 Å². The SMILES string of the molecule is CC(C)(CN)NC(=O)CCCCCN=C1NS(=O)(=O)c2ccccc21.Cl. The second-order valence-electron chi connectivity index (χ2n) is 6.78. The zero-order chi connectivity index (χ0) is 18.5. The molecule has 146 valence electrons. The van der Waals surface area contributed by atoms with E-state index in [2.05, 4.69) is 15.0 Å². The van der Waals surface area contributed by atoms with Crippen molar-refractivity contribution in [1.29, 1.82) is 0 Å². The average molecular weight is 403 g/mol. The van der Waals surface area contributed by atoms with E-state index in [0.717, 1.165) is 19.3 Å². The first-order valence-electron chi connectivity index (χ1n) is 8.43. The first-order chi connectivity index (χ1) is 11.7. The van der Waals surface area contributed by atoms with Crippen LogP contribution in [-0.4, -0.2) is 38.8 Å². The third-order valence-electron chi connectivity index (χ3n) is 3.98. The molecule has 0 saturated heterocycles. The first-order valence-corrected chi connectivity index (χ1v) is 9.91. The van der Waals surface area contributed by atoms with Gasteiger partial charge >= 0.3 is 0 Å². The summed E-state index contributed by atoms with van der Waals surface area (Å²) in [6.07, 6.45) is 2.86. The van der Waals surface area contributed by atoms with Crippen LogP contribution >= 0.6 is 12.4 Å². The van der Waals surface area contributed by atoms with Crippen molar-refractivity contribution >= 4 is 34.2 Å². The van der Waals surface area contributed by atoms with E-state index in [1.54, 1.807) is 24.3 Å². The number of unbranched alkanes of at least 4 members (excludes halogenated alkanes) is 2. The Bertz CT molecular complexity index is 763. The van der Waals surface area contributed by atoms with E-state index in [1.165, 1.54) is 0 Å². The van der Waals surface area contributed by atoms with Crippen LogP contribution < -0.4 is 15.8 Å². The van der Waals surface area contributed by atoms with E-state index in [-0.39, 0.29) is 28.7 Å². The molecule has 0 unspecified atom stereocenters. The minimum Gasteiger partial charge on any atom is -0.350 e. The normalized spacial score (nSPS) is 16.5. The molecule has 1 aromatic carbocycles. The summed E-state index contributed by atoms with van der Waals surface area (Å²) in [6.45, 7) is 4.69. The molecule has 0 aromatic heterocycles. The van der Waals surface area contributed by atoms with Crippen LogP contribution in [0.2, 0.25) is 0 Å². The molecule has 1 aromatic rings. The van der Waals surface area contributed by atoms with E-state index in [4.69, 9.17) is 5.73 Å². The van der Waals surface area contributed by atoms with Crippen LogP contribution in [-0.2, 0) is 14.8 Å². The number of hydrogen-bond acceptors (Lipinski definition) is 5. The van der Waals surface area contributed by atoms with Gasteiger partial charge in [-0.1, -0.05) is 18.6 Å². The minimum atomic E-state index is -3.48. The van der Waals surface area contributed by atoms with E-state index >= 15 is 0 Å². The van der Waals surface area contributed by atoms with Crippen molar-refractivity contribution in [1.82, 2.24) is 10.0 Å². The Morgan fingerprint density at radius 2 is 1.92 bits per heavy atom. The molecule has 0 aliphatic carbocycles. The lowest BCUT2D eigenvalue weighted by Crippen LogP contribution is -2.48. The first kappa shape index (κ1) is 22.4. The molecule has 0 spiro atoms. The van der Waals surface area contributed by atoms with Gasteiger partial charge in [0.15, 0.2) is 0 Å². The van der Waals surface area contributed by atoms with Gasteiger partial charge in [-0.25, -0.2) is 8.42 Å². The lowest BCUT2D eigenvalue weighted by molar-refractivity contribution is -0.122. The molecular formula is C17H27ClN4O3S. The maximum Gasteiger partial charge on any atom is 0.263 e. The molecule has 1 aliphatic rings. The lowest BCUT2D eigenvalue weighted by Gasteiger charge is -2.24. The second kappa shape index (κ2) is 9.34. The Morgan fingerprint density at radius 3 is 2.62 bits per heavy atom. The molecule has 0 fully saturated rings. The number of sulfonamides is 1. The summed E-state index contributed by atoms with van der Waals surface area (Å²) in [5, 5.41) is 2.89. The summed E-state index contributed by atoms with van der Waals surface area (Å²) in [7, 11) is -3.48. The van der Waals surface area contributed by atoms with Gasteiger partial charge in [0.25, 0.3) is 10.0 Å². The summed E-state index contributed by atoms with van der Waals surface area (Å²) >= 11 is 0. The van der Waals surface area contributed by atoms with Crippen molar-refractivity contribution in [2.75, 3.05) is 13.1 Å². The van der Waals surface area contributed by atoms with Crippen LogP contribution in [0.4, 0.5) is 0 Å². The molecule has 1 amide bonds. The minimum absolute atomic E-state index is 0. The number of aliphatic imine (C=N–C) groups is 1. The van der Waals surface area contributed by atoms with Gasteiger partial charge in [-0.05, 0) is 38.8 Å². The third kappa shape index (κ3) is 5.96. The van der Waals surface area contributed by atoms with Crippen LogP contribution in [0, 0.1) is 0 Å². The summed E-state index contributed by atoms with van der Waals surface area (Å²) in [5.41, 5.74) is 5.82. The molecule has 4 N–H and O–H groups in total. The van der Waals surface area contributed by atoms with Gasteiger partial charge in [0, 0.05) is 30.6 Å². The van der Waals surface area contributed by atoms with E-state index in [1.807, 2.05) is 13.8 Å². The monoisotopic (exact) mass is 402 g/mol. The highest BCUT2D eigenvalue weighted by Crippen LogP contribution is 2.22. The van der Waals surface area contributed by atoms with Crippen LogP contribution in [0.5, 0.6) is 0 Å². The zero-order valence-corrected chi connectivity index (χ0v) is 16.8. The Morgan fingerprint density at radius 1 is 1.23 bits per heavy atom. The van der Waals surface area contributed by atoms with E-state index in [0.29, 0.717) is 30.9 Å². The number of fused-ring (bicyclic) bond motifs is 1.